The lowest BCUT2D eigenvalue weighted by Gasteiger charge is -2.15. The summed E-state index contributed by atoms with van der Waals surface area (Å²) in [6.07, 6.45) is 0. The van der Waals surface area contributed by atoms with Gasteiger partial charge in [0.15, 0.2) is 18.2 Å². The van der Waals surface area contributed by atoms with E-state index in [2.05, 4.69) is 5.32 Å². The number of carbonyl (C=O) groups is 1. The fraction of sp³-hybridized carbons (Fsp3) is 0.235. The topological polar surface area (TPSA) is 47.6 Å². The molecule has 0 aromatic heterocycles. The molecule has 0 aliphatic heterocycles. The molecule has 6 heteroatoms. The Morgan fingerprint density at radius 2 is 1.87 bits per heavy atom. The maximum absolute atomic E-state index is 13.7. The molecule has 0 radical (unpaired) electrons. The zero-order chi connectivity index (χ0) is 16.8. The summed E-state index contributed by atoms with van der Waals surface area (Å²) >= 11 is 0. The normalized spacial score (nSPS) is 11.7. The number of rotatable bonds is 6. The van der Waals surface area contributed by atoms with Crippen molar-refractivity contribution < 1.29 is 23.0 Å². The first kappa shape index (κ1) is 16.7. The van der Waals surface area contributed by atoms with Gasteiger partial charge >= 0.3 is 0 Å². The zero-order valence-corrected chi connectivity index (χ0v) is 12.8. The summed E-state index contributed by atoms with van der Waals surface area (Å²) in [6, 6.07) is 9.46. The Balaban J connectivity index is 1.89. The third kappa shape index (κ3) is 4.67. The average molecular weight is 321 g/mol. The Morgan fingerprint density at radius 3 is 2.48 bits per heavy atom. The van der Waals surface area contributed by atoms with E-state index in [1.54, 1.807) is 13.0 Å². The smallest absolute Gasteiger partial charge is 0.258 e. The van der Waals surface area contributed by atoms with Crippen LogP contribution in [0, 0.1) is 11.6 Å². The van der Waals surface area contributed by atoms with Gasteiger partial charge in [-0.1, -0.05) is 6.07 Å². The first-order valence-corrected chi connectivity index (χ1v) is 7.00. The summed E-state index contributed by atoms with van der Waals surface area (Å²) in [4.78, 5) is 11.8. The van der Waals surface area contributed by atoms with Gasteiger partial charge in [-0.3, -0.25) is 4.79 Å². The minimum atomic E-state index is -0.492. The number of benzene rings is 2. The minimum Gasteiger partial charge on any atom is -0.494 e. The fourth-order valence-electron chi connectivity index (χ4n) is 2.00. The van der Waals surface area contributed by atoms with Crippen molar-refractivity contribution in [2.24, 2.45) is 0 Å². The van der Waals surface area contributed by atoms with Crippen LogP contribution in [0.3, 0.4) is 0 Å². The summed E-state index contributed by atoms with van der Waals surface area (Å²) in [5.41, 5.74) is 0.610. The molecule has 0 saturated carbocycles. The maximum Gasteiger partial charge on any atom is 0.258 e. The van der Waals surface area contributed by atoms with Gasteiger partial charge in [0, 0.05) is 0 Å². The van der Waals surface area contributed by atoms with E-state index < -0.39 is 5.82 Å². The van der Waals surface area contributed by atoms with E-state index in [0.717, 1.165) is 0 Å². The van der Waals surface area contributed by atoms with E-state index in [-0.39, 0.29) is 30.1 Å². The molecule has 0 unspecified atom stereocenters. The van der Waals surface area contributed by atoms with Gasteiger partial charge in [-0.25, -0.2) is 8.78 Å². The highest BCUT2D eigenvalue weighted by Gasteiger charge is 2.12. The molecule has 23 heavy (non-hydrogen) atoms. The SMILES string of the molecule is COc1ccc([C@H](C)NC(=O)COc2ccc(F)cc2)cc1F. The highest BCUT2D eigenvalue weighted by atomic mass is 19.1. The van der Waals surface area contributed by atoms with Crippen LogP contribution < -0.4 is 14.8 Å². The van der Waals surface area contributed by atoms with Crippen molar-refractivity contribution in [3.8, 4) is 11.5 Å². The number of hydrogen-bond donors (Lipinski definition) is 1. The van der Waals surface area contributed by atoms with Crippen LogP contribution in [0.15, 0.2) is 42.5 Å². The standard InChI is InChI=1S/C17H17F2NO3/c1-11(12-3-8-16(22-2)15(19)9-12)20-17(21)10-23-14-6-4-13(18)5-7-14/h3-9,11H,10H2,1-2H3,(H,20,21)/t11-/m0/s1. The van der Waals surface area contributed by atoms with Crippen LogP contribution in [0.4, 0.5) is 8.78 Å². The van der Waals surface area contributed by atoms with E-state index in [4.69, 9.17) is 9.47 Å². The molecular formula is C17H17F2NO3. The Labute approximate surface area is 133 Å². The number of methoxy groups -OCH3 is 1. The lowest BCUT2D eigenvalue weighted by atomic mass is 10.1. The third-order valence-corrected chi connectivity index (χ3v) is 3.24. The molecule has 1 amide bonds. The number of halogens is 2. The third-order valence-electron chi connectivity index (χ3n) is 3.24. The van der Waals surface area contributed by atoms with Gasteiger partial charge in [-0.05, 0) is 48.9 Å². The largest absolute Gasteiger partial charge is 0.494 e. The van der Waals surface area contributed by atoms with Crippen molar-refractivity contribution in [2.75, 3.05) is 13.7 Å². The Bertz CT molecular complexity index is 674. The number of nitrogens with one attached hydrogen (secondary N) is 1. The van der Waals surface area contributed by atoms with Crippen LogP contribution in [0.5, 0.6) is 11.5 Å². The highest BCUT2D eigenvalue weighted by molar-refractivity contribution is 5.78. The molecule has 0 heterocycles. The predicted octanol–water partition coefficient (Wildman–Crippen LogP) is 3.23. The van der Waals surface area contributed by atoms with Crippen molar-refractivity contribution in [2.45, 2.75) is 13.0 Å². The first-order valence-electron chi connectivity index (χ1n) is 7.00. The van der Waals surface area contributed by atoms with Gasteiger partial charge in [-0.2, -0.15) is 0 Å². The van der Waals surface area contributed by atoms with Gasteiger partial charge < -0.3 is 14.8 Å². The number of amides is 1. The van der Waals surface area contributed by atoms with Crippen LogP contribution in [0.1, 0.15) is 18.5 Å². The van der Waals surface area contributed by atoms with Crippen LogP contribution in [0.25, 0.3) is 0 Å². The molecule has 0 saturated heterocycles. The van der Waals surface area contributed by atoms with Crippen LogP contribution in [-0.2, 0) is 4.79 Å². The van der Waals surface area contributed by atoms with Crippen molar-refractivity contribution in [1.29, 1.82) is 0 Å². The summed E-state index contributed by atoms with van der Waals surface area (Å²) in [7, 11) is 1.38. The van der Waals surface area contributed by atoms with E-state index >= 15 is 0 Å². The summed E-state index contributed by atoms with van der Waals surface area (Å²) in [5, 5.41) is 2.70. The molecular weight excluding hydrogens is 304 g/mol. The van der Waals surface area contributed by atoms with Crippen molar-refractivity contribution >= 4 is 5.91 Å². The Kier molecular flexibility index (Phi) is 5.51. The van der Waals surface area contributed by atoms with Gasteiger partial charge in [-0.15, -0.1) is 0 Å². The van der Waals surface area contributed by atoms with Gasteiger partial charge in [0.1, 0.15) is 11.6 Å². The summed E-state index contributed by atoms with van der Waals surface area (Å²) < 4.78 is 36.5. The summed E-state index contributed by atoms with van der Waals surface area (Å²) in [6.45, 7) is 1.52. The fourth-order valence-corrected chi connectivity index (χ4v) is 2.00. The van der Waals surface area contributed by atoms with Gasteiger partial charge in [0.05, 0.1) is 13.2 Å². The van der Waals surface area contributed by atoms with E-state index in [1.165, 1.54) is 43.5 Å². The molecule has 122 valence electrons. The van der Waals surface area contributed by atoms with E-state index in [0.29, 0.717) is 11.3 Å². The van der Waals surface area contributed by atoms with E-state index in [1.807, 2.05) is 0 Å². The second kappa shape index (κ2) is 7.58. The monoisotopic (exact) mass is 321 g/mol. The molecule has 4 nitrogen and oxygen atoms in total. The van der Waals surface area contributed by atoms with Crippen LogP contribution in [0.2, 0.25) is 0 Å². The summed E-state index contributed by atoms with van der Waals surface area (Å²) in [5.74, 6) is -0.694. The number of hydrogen-bond acceptors (Lipinski definition) is 3. The van der Waals surface area contributed by atoms with Crippen molar-refractivity contribution in [1.82, 2.24) is 5.32 Å². The predicted molar refractivity (Wildman–Crippen MR) is 81.4 cm³/mol. The average Bonchev–Trinajstić information content (AvgIpc) is 2.54. The molecule has 0 bridgehead atoms. The van der Waals surface area contributed by atoms with Crippen LogP contribution in [-0.4, -0.2) is 19.6 Å². The lowest BCUT2D eigenvalue weighted by molar-refractivity contribution is -0.123. The molecule has 1 atom stereocenters. The van der Waals surface area contributed by atoms with Crippen molar-refractivity contribution in [3.63, 3.8) is 0 Å². The highest BCUT2D eigenvalue weighted by Crippen LogP contribution is 2.21. The van der Waals surface area contributed by atoms with Crippen LogP contribution >= 0.6 is 0 Å². The van der Waals surface area contributed by atoms with Gasteiger partial charge in [0.25, 0.3) is 5.91 Å². The molecule has 2 aromatic rings. The van der Waals surface area contributed by atoms with E-state index in [9.17, 15) is 13.6 Å². The molecule has 0 aliphatic rings. The Morgan fingerprint density at radius 1 is 1.17 bits per heavy atom. The molecule has 0 fully saturated rings. The Hall–Kier alpha value is -2.63. The molecule has 2 aromatic carbocycles. The van der Waals surface area contributed by atoms with Gasteiger partial charge in [0.2, 0.25) is 0 Å². The maximum atomic E-state index is 13.7. The molecule has 2 rings (SSSR count). The number of carbonyl (C=O) groups excluding carboxylic acids is 1. The molecule has 1 N–H and O–H groups in total. The number of ether oxygens (including phenoxy) is 2. The zero-order valence-electron chi connectivity index (χ0n) is 12.8. The molecule has 0 spiro atoms. The lowest BCUT2D eigenvalue weighted by Crippen LogP contribution is -2.31. The minimum absolute atomic E-state index is 0.145. The van der Waals surface area contributed by atoms with Crippen molar-refractivity contribution in [3.05, 3.63) is 59.7 Å². The first-order chi connectivity index (χ1) is 11.0. The second-order valence-corrected chi connectivity index (χ2v) is 4.93. The second-order valence-electron chi connectivity index (χ2n) is 4.93. The molecule has 0 aliphatic carbocycles. The quantitative estimate of drug-likeness (QED) is 0.888.